The zero-order chi connectivity index (χ0) is 28.0. The van der Waals surface area contributed by atoms with Crippen LogP contribution in [0.3, 0.4) is 0 Å². The molecule has 4 rings (SSSR count). The minimum absolute atomic E-state index is 0.0390. The number of hydrogen-bond donors (Lipinski definition) is 2. The fraction of sp³-hybridized carbons (Fsp3) is 0.607. The normalized spacial score (nSPS) is 20.7. The van der Waals surface area contributed by atoms with E-state index in [2.05, 4.69) is 60.2 Å². The molecular weight excluding hydrogens is 485 g/mol. The molecule has 0 spiro atoms. The third kappa shape index (κ3) is 5.71. The summed E-state index contributed by atoms with van der Waals surface area (Å²) in [6, 6.07) is 5.59. The number of carbonyl (C=O) groups excluding carboxylic acids is 1. The molecule has 2 aliphatic rings. The molecule has 208 valence electrons. The van der Waals surface area contributed by atoms with Crippen molar-refractivity contribution in [1.29, 1.82) is 0 Å². The van der Waals surface area contributed by atoms with Crippen molar-refractivity contribution in [3.8, 4) is 5.75 Å². The molecule has 1 aromatic heterocycles. The van der Waals surface area contributed by atoms with Gasteiger partial charge in [0.2, 0.25) is 5.95 Å². The Kier molecular flexibility index (Phi) is 7.35. The zero-order valence-corrected chi connectivity index (χ0v) is 24.1. The highest BCUT2D eigenvalue weighted by atomic mass is 19.1. The highest BCUT2D eigenvalue weighted by Crippen LogP contribution is 2.40. The molecule has 0 radical (unpaired) electrons. The van der Waals surface area contributed by atoms with Gasteiger partial charge in [-0.15, -0.1) is 0 Å². The van der Waals surface area contributed by atoms with Crippen LogP contribution in [-0.4, -0.2) is 82.6 Å². The number of nitrogens with one attached hydrogen (secondary N) is 2. The van der Waals surface area contributed by atoms with Gasteiger partial charge in [-0.2, -0.15) is 4.98 Å². The maximum Gasteiger partial charge on any atom is 0.270 e. The van der Waals surface area contributed by atoms with Gasteiger partial charge in [0.25, 0.3) is 5.91 Å². The molecule has 38 heavy (non-hydrogen) atoms. The fourth-order valence-electron chi connectivity index (χ4n) is 5.50. The van der Waals surface area contributed by atoms with E-state index >= 15 is 0 Å². The lowest BCUT2D eigenvalue weighted by Crippen LogP contribution is -2.61. The number of nitrogens with zero attached hydrogens (tertiary/aromatic N) is 5. The van der Waals surface area contributed by atoms with E-state index in [0.717, 1.165) is 25.1 Å². The average Bonchev–Trinajstić information content (AvgIpc) is 2.79. The number of piperidine rings is 1. The molecule has 0 saturated carbocycles. The highest BCUT2D eigenvalue weighted by Gasteiger charge is 2.43. The number of rotatable bonds is 7. The molecule has 2 aliphatic heterocycles. The Balaban J connectivity index is 1.54. The number of hydrogen-bond acceptors (Lipinski definition) is 8. The van der Waals surface area contributed by atoms with Crippen LogP contribution in [0.5, 0.6) is 5.75 Å². The lowest BCUT2D eigenvalue weighted by atomic mass is 9.77. The maximum absolute atomic E-state index is 14.8. The van der Waals surface area contributed by atoms with E-state index in [-0.39, 0.29) is 34.8 Å². The van der Waals surface area contributed by atoms with E-state index in [1.807, 2.05) is 37.2 Å². The van der Waals surface area contributed by atoms with Crippen LogP contribution < -0.4 is 20.3 Å². The van der Waals surface area contributed by atoms with E-state index in [0.29, 0.717) is 18.0 Å². The molecule has 0 aliphatic carbocycles. The standard InChI is InChI=1S/C28H42FN7O2/c1-26(2)15-19(16-27(3,4)35(26)9)31-23-20(29)17-30-25(33-23)32-18-10-11-21-22(14-18)38-28(5,6)24(37)36(21)13-12-34(7)8/h10-11,14,17,19H,12-13,15-16H2,1-9H3,(H2,30,31,32,33). The van der Waals surface area contributed by atoms with Crippen molar-refractivity contribution in [3.63, 3.8) is 0 Å². The minimum Gasteiger partial charge on any atom is -0.476 e. The molecule has 1 fully saturated rings. The van der Waals surface area contributed by atoms with E-state index in [1.165, 1.54) is 6.20 Å². The van der Waals surface area contributed by atoms with Gasteiger partial charge in [0, 0.05) is 42.0 Å². The first-order valence-electron chi connectivity index (χ1n) is 13.2. The third-order valence-electron chi connectivity index (χ3n) is 7.80. The van der Waals surface area contributed by atoms with Gasteiger partial charge < -0.3 is 25.2 Å². The molecule has 0 bridgehead atoms. The Morgan fingerprint density at radius 3 is 2.42 bits per heavy atom. The molecule has 1 saturated heterocycles. The number of fused-ring (bicyclic) bond motifs is 1. The Hall–Kier alpha value is -2.98. The summed E-state index contributed by atoms with van der Waals surface area (Å²) in [5.74, 6) is 0.478. The number of likely N-dealkylation sites (tertiary alicyclic amines) is 1. The molecule has 0 unspecified atom stereocenters. The summed E-state index contributed by atoms with van der Waals surface area (Å²) >= 11 is 0. The number of carbonyl (C=O) groups is 1. The van der Waals surface area contributed by atoms with Crippen LogP contribution in [0, 0.1) is 5.82 Å². The molecule has 1 aromatic carbocycles. The van der Waals surface area contributed by atoms with Gasteiger partial charge in [0.15, 0.2) is 17.2 Å². The maximum atomic E-state index is 14.8. The fourth-order valence-corrected chi connectivity index (χ4v) is 5.50. The van der Waals surface area contributed by atoms with Crippen LogP contribution in [0.2, 0.25) is 0 Å². The summed E-state index contributed by atoms with van der Waals surface area (Å²) < 4.78 is 20.8. The molecule has 0 atom stereocenters. The van der Waals surface area contributed by atoms with E-state index in [1.54, 1.807) is 18.7 Å². The number of benzene rings is 1. The van der Waals surface area contributed by atoms with Gasteiger partial charge in [-0.25, -0.2) is 9.37 Å². The van der Waals surface area contributed by atoms with Crippen molar-refractivity contribution in [2.45, 2.75) is 77.1 Å². The predicted molar refractivity (Wildman–Crippen MR) is 150 cm³/mol. The first-order valence-corrected chi connectivity index (χ1v) is 13.2. The Labute approximate surface area is 225 Å². The summed E-state index contributed by atoms with van der Waals surface area (Å²) in [6.07, 6.45) is 2.91. The molecule has 2 aromatic rings. The monoisotopic (exact) mass is 527 g/mol. The SMILES string of the molecule is CN(C)CCN1C(=O)C(C)(C)Oc2cc(Nc3ncc(F)c(NC4CC(C)(C)N(C)C(C)(C)C4)n3)ccc21. The molecule has 10 heteroatoms. The van der Waals surface area contributed by atoms with Crippen molar-refractivity contribution < 1.29 is 13.9 Å². The number of aromatic nitrogens is 2. The lowest BCUT2D eigenvalue weighted by molar-refractivity contribution is -0.132. The highest BCUT2D eigenvalue weighted by molar-refractivity contribution is 6.02. The van der Waals surface area contributed by atoms with Gasteiger partial charge >= 0.3 is 0 Å². The van der Waals surface area contributed by atoms with Crippen LogP contribution in [0.1, 0.15) is 54.4 Å². The van der Waals surface area contributed by atoms with Crippen LogP contribution in [0.4, 0.5) is 27.5 Å². The van der Waals surface area contributed by atoms with Crippen molar-refractivity contribution in [2.24, 2.45) is 0 Å². The quantitative estimate of drug-likeness (QED) is 0.545. The van der Waals surface area contributed by atoms with Gasteiger partial charge in [-0.05, 0) is 87.7 Å². The molecule has 1 amide bonds. The Bertz CT molecular complexity index is 1180. The Morgan fingerprint density at radius 1 is 1.13 bits per heavy atom. The van der Waals surface area contributed by atoms with Crippen LogP contribution in [0.25, 0.3) is 0 Å². The smallest absolute Gasteiger partial charge is 0.270 e. The van der Waals surface area contributed by atoms with Crippen LogP contribution in [-0.2, 0) is 4.79 Å². The molecular formula is C28H42FN7O2. The van der Waals surface area contributed by atoms with Crippen molar-refractivity contribution >= 4 is 29.0 Å². The topological polar surface area (TPSA) is 85.9 Å². The van der Waals surface area contributed by atoms with Gasteiger partial charge in [-0.1, -0.05) is 0 Å². The molecule has 3 heterocycles. The van der Waals surface area contributed by atoms with Gasteiger partial charge in [0.05, 0.1) is 11.9 Å². The zero-order valence-electron chi connectivity index (χ0n) is 24.1. The van der Waals surface area contributed by atoms with Crippen LogP contribution in [0.15, 0.2) is 24.4 Å². The number of ether oxygens (including phenoxy) is 1. The number of likely N-dealkylation sites (N-methyl/N-ethyl adjacent to an activating group) is 1. The lowest BCUT2D eigenvalue weighted by Gasteiger charge is -2.53. The first kappa shape index (κ1) is 28.0. The number of anilines is 4. The van der Waals surface area contributed by atoms with E-state index in [4.69, 9.17) is 4.74 Å². The van der Waals surface area contributed by atoms with Crippen molar-refractivity contribution in [1.82, 2.24) is 19.8 Å². The average molecular weight is 528 g/mol. The first-order chi connectivity index (χ1) is 17.6. The van der Waals surface area contributed by atoms with Gasteiger partial charge in [0.1, 0.15) is 5.75 Å². The summed E-state index contributed by atoms with van der Waals surface area (Å²) in [4.78, 5) is 27.8. The summed E-state index contributed by atoms with van der Waals surface area (Å²) in [7, 11) is 6.10. The molecule has 2 N–H and O–H groups in total. The second-order valence-electron chi connectivity index (χ2n) is 12.5. The summed E-state index contributed by atoms with van der Waals surface area (Å²) in [5.41, 5.74) is 0.333. The van der Waals surface area contributed by atoms with E-state index in [9.17, 15) is 9.18 Å². The second kappa shape index (κ2) is 9.96. The van der Waals surface area contributed by atoms with Crippen molar-refractivity contribution in [2.75, 3.05) is 49.8 Å². The minimum atomic E-state index is -0.989. The third-order valence-corrected chi connectivity index (χ3v) is 7.80. The van der Waals surface area contributed by atoms with E-state index < -0.39 is 11.4 Å². The summed E-state index contributed by atoms with van der Waals surface area (Å²) in [6.45, 7) is 13.7. The summed E-state index contributed by atoms with van der Waals surface area (Å²) in [5, 5.41) is 6.51. The number of amides is 1. The van der Waals surface area contributed by atoms with Gasteiger partial charge in [-0.3, -0.25) is 9.69 Å². The number of halogens is 1. The predicted octanol–water partition coefficient (Wildman–Crippen LogP) is 4.49. The Morgan fingerprint density at radius 2 is 1.79 bits per heavy atom. The molecule has 9 nitrogen and oxygen atoms in total. The van der Waals surface area contributed by atoms with Crippen LogP contribution >= 0.6 is 0 Å². The second-order valence-corrected chi connectivity index (χ2v) is 12.5. The largest absolute Gasteiger partial charge is 0.476 e. The van der Waals surface area contributed by atoms with Crippen molar-refractivity contribution in [3.05, 3.63) is 30.2 Å².